The summed E-state index contributed by atoms with van der Waals surface area (Å²) >= 11 is 0. The second-order valence-corrected chi connectivity index (χ2v) is 11.1. The van der Waals surface area contributed by atoms with Crippen LogP contribution >= 0.6 is 0 Å². The highest BCUT2D eigenvalue weighted by molar-refractivity contribution is 5.76. The van der Waals surface area contributed by atoms with Gasteiger partial charge in [0.25, 0.3) is 0 Å². The van der Waals surface area contributed by atoms with Crippen LogP contribution in [-0.2, 0) is 38.1 Å². The maximum atomic E-state index is 12.7. The molecule has 0 aromatic rings. The van der Waals surface area contributed by atoms with Crippen LogP contribution in [-0.4, -0.2) is 76.5 Å². The molecule has 0 spiro atoms. The van der Waals surface area contributed by atoms with Crippen molar-refractivity contribution in [1.29, 1.82) is 0 Å². The number of esters is 4. The van der Waals surface area contributed by atoms with Crippen LogP contribution in [0, 0.1) is 23.7 Å². The SMILES string of the molecule is COC(=O)CCNC(CC(C)C)C(=O)OCC1CCC(COC(=O)C(CC(C)C)NCCC(=O)OC)CC1. The normalized spacial score (nSPS) is 19.1. The highest BCUT2D eigenvalue weighted by atomic mass is 16.5. The number of carbonyl (C=O) groups is 4. The fraction of sp³-hybridized carbons (Fsp3) is 0.857. The van der Waals surface area contributed by atoms with Crippen molar-refractivity contribution in [3.8, 4) is 0 Å². The maximum Gasteiger partial charge on any atom is 0.323 e. The van der Waals surface area contributed by atoms with E-state index in [-0.39, 0.29) is 48.6 Å². The van der Waals surface area contributed by atoms with Crippen LogP contribution in [0.4, 0.5) is 0 Å². The molecule has 1 aliphatic rings. The van der Waals surface area contributed by atoms with Crippen molar-refractivity contribution in [1.82, 2.24) is 10.6 Å². The summed E-state index contributed by atoms with van der Waals surface area (Å²) in [6.45, 7) is 9.64. The second kappa shape index (κ2) is 19.0. The van der Waals surface area contributed by atoms with Gasteiger partial charge in [-0.05, 0) is 62.2 Å². The first-order valence-electron chi connectivity index (χ1n) is 14.0. The van der Waals surface area contributed by atoms with E-state index in [1.54, 1.807) is 0 Å². The Balaban J connectivity index is 2.40. The molecule has 1 saturated carbocycles. The number of ether oxygens (including phenoxy) is 4. The van der Waals surface area contributed by atoms with E-state index in [2.05, 4.69) is 20.1 Å². The van der Waals surface area contributed by atoms with Crippen molar-refractivity contribution in [2.45, 2.75) is 91.1 Å². The van der Waals surface area contributed by atoms with Crippen LogP contribution in [0.1, 0.15) is 79.1 Å². The van der Waals surface area contributed by atoms with Crippen molar-refractivity contribution in [2.24, 2.45) is 23.7 Å². The molecule has 38 heavy (non-hydrogen) atoms. The Morgan fingerprint density at radius 2 is 1.00 bits per heavy atom. The molecule has 0 aromatic carbocycles. The Labute approximate surface area is 228 Å². The van der Waals surface area contributed by atoms with Gasteiger partial charge in [-0.1, -0.05) is 27.7 Å². The third kappa shape index (κ3) is 14.7. The molecular weight excluding hydrogens is 492 g/mol. The minimum atomic E-state index is -0.449. The molecule has 0 amide bonds. The van der Waals surface area contributed by atoms with Crippen LogP contribution in [0.2, 0.25) is 0 Å². The third-order valence-corrected chi connectivity index (χ3v) is 6.77. The molecule has 2 N–H and O–H groups in total. The lowest BCUT2D eigenvalue weighted by molar-refractivity contribution is -0.150. The lowest BCUT2D eigenvalue weighted by atomic mass is 9.83. The number of nitrogens with one attached hydrogen (secondary N) is 2. The third-order valence-electron chi connectivity index (χ3n) is 6.77. The van der Waals surface area contributed by atoms with Gasteiger partial charge in [0.2, 0.25) is 0 Å². The first kappa shape index (κ1) is 33.8. The van der Waals surface area contributed by atoms with E-state index in [1.807, 2.05) is 27.7 Å². The number of hydrogen-bond acceptors (Lipinski definition) is 10. The summed E-state index contributed by atoms with van der Waals surface area (Å²) < 4.78 is 20.6. The van der Waals surface area contributed by atoms with Gasteiger partial charge in [-0.3, -0.25) is 19.2 Å². The Hall–Kier alpha value is -2.20. The summed E-state index contributed by atoms with van der Waals surface area (Å²) in [4.78, 5) is 48.1. The molecule has 0 radical (unpaired) electrons. The number of rotatable bonds is 18. The molecular formula is C28H50N2O8. The zero-order valence-corrected chi connectivity index (χ0v) is 24.2. The molecule has 1 aliphatic carbocycles. The highest BCUT2D eigenvalue weighted by Crippen LogP contribution is 2.29. The van der Waals surface area contributed by atoms with Crippen LogP contribution < -0.4 is 10.6 Å². The van der Waals surface area contributed by atoms with E-state index in [0.29, 0.717) is 51.0 Å². The maximum absolute atomic E-state index is 12.7. The molecule has 0 bridgehead atoms. The van der Waals surface area contributed by atoms with E-state index < -0.39 is 12.1 Å². The summed E-state index contributed by atoms with van der Waals surface area (Å²) in [5.74, 6) is -0.0162. The lowest BCUT2D eigenvalue weighted by Gasteiger charge is -2.29. The van der Waals surface area contributed by atoms with E-state index in [4.69, 9.17) is 9.47 Å². The second-order valence-electron chi connectivity index (χ2n) is 11.1. The monoisotopic (exact) mass is 542 g/mol. The van der Waals surface area contributed by atoms with Crippen molar-refractivity contribution < 1.29 is 38.1 Å². The average Bonchev–Trinajstić information content (AvgIpc) is 2.88. The standard InChI is InChI=1S/C28H50N2O8/c1-19(2)15-23(29-13-11-25(31)35-5)27(33)37-17-21-7-9-22(10-8-21)18-38-28(34)24(16-20(3)4)30-14-12-26(32)36-6/h19-24,29-30H,7-18H2,1-6H3. The van der Waals surface area contributed by atoms with Crippen LogP contribution in [0.15, 0.2) is 0 Å². The van der Waals surface area contributed by atoms with Crippen LogP contribution in [0.3, 0.4) is 0 Å². The summed E-state index contributed by atoms with van der Waals surface area (Å²) in [6, 6.07) is -0.897. The average molecular weight is 543 g/mol. The minimum Gasteiger partial charge on any atom is -0.469 e. The molecule has 10 nitrogen and oxygen atoms in total. The highest BCUT2D eigenvalue weighted by Gasteiger charge is 2.27. The zero-order chi connectivity index (χ0) is 28.5. The van der Waals surface area contributed by atoms with Crippen molar-refractivity contribution in [3.63, 3.8) is 0 Å². The number of hydrogen-bond donors (Lipinski definition) is 2. The Morgan fingerprint density at radius 3 is 1.29 bits per heavy atom. The van der Waals surface area contributed by atoms with Crippen LogP contribution in [0.25, 0.3) is 0 Å². The van der Waals surface area contributed by atoms with E-state index in [1.165, 1.54) is 14.2 Å². The quantitative estimate of drug-likeness (QED) is 0.197. The van der Waals surface area contributed by atoms with Crippen molar-refractivity contribution in [3.05, 3.63) is 0 Å². The largest absolute Gasteiger partial charge is 0.469 e. The van der Waals surface area contributed by atoms with E-state index in [9.17, 15) is 19.2 Å². The Morgan fingerprint density at radius 1 is 0.658 bits per heavy atom. The number of methoxy groups -OCH3 is 2. The zero-order valence-electron chi connectivity index (χ0n) is 24.2. The molecule has 2 unspecified atom stereocenters. The van der Waals surface area contributed by atoms with Gasteiger partial charge in [0.05, 0.1) is 40.3 Å². The Kier molecular flexibility index (Phi) is 16.9. The summed E-state index contributed by atoms with van der Waals surface area (Å²) in [5.41, 5.74) is 0. The smallest absolute Gasteiger partial charge is 0.323 e. The van der Waals surface area contributed by atoms with Gasteiger partial charge in [-0.15, -0.1) is 0 Å². The molecule has 1 fully saturated rings. The molecule has 0 aliphatic heterocycles. The first-order valence-corrected chi connectivity index (χ1v) is 14.0. The van der Waals surface area contributed by atoms with Gasteiger partial charge in [-0.25, -0.2) is 0 Å². The molecule has 2 atom stereocenters. The summed E-state index contributed by atoms with van der Waals surface area (Å²) in [7, 11) is 2.69. The molecule has 1 rings (SSSR count). The van der Waals surface area contributed by atoms with Gasteiger partial charge in [0.1, 0.15) is 12.1 Å². The first-order chi connectivity index (χ1) is 18.0. The lowest BCUT2D eigenvalue weighted by Crippen LogP contribution is -2.41. The molecule has 10 heteroatoms. The van der Waals surface area contributed by atoms with Gasteiger partial charge in [-0.2, -0.15) is 0 Å². The predicted octanol–water partition coefficient (Wildman–Crippen LogP) is 3.01. The summed E-state index contributed by atoms with van der Waals surface area (Å²) in [5, 5.41) is 6.26. The van der Waals surface area contributed by atoms with Crippen molar-refractivity contribution >= 4 is 23.9 Å². The van der Waals surface area contributed by atoms with Crippen LogP contribution in [0.5, 0.6) is 0 Å². The van der Waals surface area contributed by atoms with Crippen molar-refractivity contribution in [2.75, 3.05) is 40.5 Å². The van der Waals surface area contributed by atoms with E-state index >= 15 is 0 Å². The Bertz CT molecular complexity index is 660. The molecule has 0 heterocycles. The van der Waals surface area contributed by atoms with Gasteiger partial charge in [0.15, 0.2) is 0 Å². The minimum absolute atomic E-state index is 0.203. The van der Waals surface area contributed by atoms with Gasteiger partial charge in [0, 0.05) is 13.1 Å². The van der Waals surface area contributed by atoms with Gasteiger partial charge < -0.3 is 29.6 Å². The molecule has 0 aromatic heterocycles. The number of carbonyl (C=O) groups excluding carboxylic acids is 4. The molecule has 0 saturated heterocycles. The topological polar surface area (TPSA) is 129 Å². The fourth-order valence-corrected chi connectivity index (χ4v) is 4.54. The van der Waals surface area contributed by atoms with Gasteiger partial charge >= 0.3 is 23.9 Å². The predicted molar refractivity (Wildman–Crippen MR) is 143 cm³/mol. The van der Waals surface area contributed by atoms with E-state index in [0.717, 1.165) is 25.7 Å². The molecule has 220 valence electrons. The fourth-order valence-electron chi connectivity index (χ4n) is 4.54. The summed E-state index contributed by atoms with van der Waals surface area (Å²) in [6.07, 6.45) is 5.31.